The van der Waals surface area contributed by atoms with Crippen LogP contribution in [0.15, 0.2) is 6.20 Å². The fraction of sp³-hybridized carbons (Fsp3) is 0.700. The van der Waals surface area contributed by atoms with Crippen LogP contribution in [0.5, 0.6) is 0 Å². The molecular weight excluding hydrogens is 244 g/mol. The molecule has 2 atom stereocenters. The Morgan fingerprint density at radius 1 is 1.62 bits per heavy atom. The second kappa shape index (κ2) is 4.43. The Hall–Kier alpha value is -0.460. The molecule has 16 heavy (non-hydrogen) atoms. The predicted molar refractivity (Wildman–Crippen MR) is 65.5 cm³/mol. The van der Waals surface area contributed by atoms with Gasteiger partial charge in [-0.1, -0.05) is 0 Å². The number of thiazole rings is 1. The zero-order chi connectivity index (χ0) is 11.8. The number of aryl methyl sites for hydroxylation is 1. The van der Waals surface area contributed by atoms with Crippen molar-refractivity contribution in [2.75, 3.05) is 11.5 Å². The summed E-state index contributed by atoms with van der Waals surface area (Å²) in [5.74, 6) is 0.579. The molecule has 2 rings (SSSR count). The molecule has 1 aliphatic heterocycles. The summed E-state index contributed by atoms with van der Waals surface area (Å²) in [7, 11) is -2.80. The van der Waals surface area contributed by atoms with E-state index in [1.165, 1.54) is 4.88 Å². The van der Waals surface area contributed by atoms with E-state index in [9.17, 15) is 8.42 Å². The topological polar surface area (TPSA) is 59.1 Å². The first-order valence-electron chi connectivity index (χ1n) is 5.35. The highest BCUT2D eigenvalue weighted by Gasteiger charge is 2.29. The Bertz CT molecular complexity index is 467. The van der Waals surface area contributed by atoms with E-state index < -0.39 is 9.84 Å². The number of sulfone groups is 1. The lowest BCUT2D eigenvalue weighted by atomic mass is 10.2. The van der Waals surface area contributed by atoms with Gasteiger partial charge in [0.15, 0.2) is 9.84 Å². The van der Waals surface area contributed by atoms with Gasteiger partial charge in [-0.15, -0.1) is 11.3 Å². The van der Waals surface area contributed by atoms with Gasteiger partial charge in [0, 0.05) is 17.1 Å². The maximum absolute atomic E-state index is 11.3. The fourth-order valence-electron chi connectivity index (χ4n) is 1.92. The lowest BCUT2D eigenvalue weighted by Gasteiger charge is -2.15. The maximum atomic E-state index is 11.3. The molecule has 2 heterocycles. The summed E-state index contributed by atoms with van der Waals surface area (Å²) >= 11 is 1.66. The van der Waals surface area contributed by atoms with Crippen molar-refractivity contribution < 1.29 is 8.42 Å². The number of hydrogen-bond acceptors (Lipinski definition) is 5. The standard InChI is InChI=1S/C10H16N2O2S2/c1-7-5-11-10(15-7)8(2)12-9-3-4-16(13,14)6-9/h5,8-9,12H,3-4,6H2,1-2H3. The van der Waals surface area contributed by atoms with Crippen molar-refractivity contribution in [1.82, 2.24) is 10.3 Å². The lowest BCUT2D eigenvalue weighted by Crippen LogP contribution is -2.32. The van der Waals surface area contributed by atoms with Crippen LogP contribution in [-0.4, -0.2) is 30.9 Å². The van der Waals surface area contributed by atoms with Gasteiger partial charge in [-0.25, -0.2) is 13.4 Å². The van der Waals surface area contributed by atoms with Crippen LogP contribution in [0.3, 0.4) is 0 Å². The molecule has 6 heteroatoms. The van der Waals surface area contributed by atoms with E-state index in [0.717, 1.165) is 11.4 Å². The maximum Gasteiger partial charge on any atom is 0.151 e. The van der Waals surface area contributed by atoms with E-state index in [2.05, 4.69) is 10.3 Å². The van der Waals surface area contributed by atoms with Crippen LogP contribution in [-0.2, 0) is 9.84 Å². The number of nitrogens with zero attached hydrogens (tertiary/aromatic N) is 1. The monoisotopic (exact) mass is 260 g/mol. The predicted octanol–water partition coefficient (Wildman–Crippen LogP) is 1.29. The van der Waals surface area contributed by atoms with Gasteiger partial charge in [0.25, 0.3) is 0 Å². The summed E-state index contributed by atoms with van der Waals surface area (Å²) in [5.41, 5.74) is 0. The third-order valence-electron chi connectivity index (χ3n) is 2.73. The molecule has 90 valence electrons. The normalized spacial score (nSPS) is 25.8. The molecule has 4 nitrogen and oxygen atoms in total. The van der Waals surface area contributed by atoms with Crippen molar-refractivity contribution in [1.29, 1.82) is 0 Å². The van der Waals surface area contributed by atoms with Crippen LogP contribution in [0.2, 0.25) is 0 Å². The quantitative estimate of drug-likeness (QED) is 0.889. The number of rotatable bonds is 3. The summed E-state index contributed by atoms with van der Waals surface area (Å²) in [5, 5.41) is 4.36. The van der Waals surface area contributed by atoms with E-state index >= 15 is 0 Å². The first kappa shape index (κ1) is 12.0. The first-order valence-corrected chi connectivity index (χ1v) is 7.99. The van der Waals surface area contributed by atoms with E-state index in [0.29, 0.717) is 5.75 Å². The Morgan fingerprint density at radius 2 is 2.38 bits per heavy atom. The molecule has 1 N–H and O–H groups in total. The molecule has 1 aromatic heterocycles. The van der Waals surface area contributed by atoms with E-state index in [-0.39, 0.29) is 17.8 Å². The molecule has 1 fully saturated rings. The minimum atomic E-state index is -2.80. The Labute approximate surface area is 100 Å². The van der Waals surface area contributed by atoms with Crippen molar-refractivity contribution in [2.45, 2.75) is 32.4 Å². The van der Waals surface area contributed by atoms with Gasteiger partial charge >= 0.3 is 0 Å². The van der Waals surface area contributed by atoms with Crippen LogP contribution in [0.4, 0.5) is 0 Å². The molecule has 1 aliphatic rings. The lowest BCUT2D eigenvalue weighted by molar-refractivity contribution is 0.483. The highest BCUT2D eigenvalue weighted by atomic mass is 32.2. The third kappa shape index (κ3) is 2.81. The second-order valence-electron chi connectivity index (χ2n) is 4.30. The minimum absolute atomic E-state index is 0.0872. The summed E-state index contributed by atoms with van der Waals surface area (Å²) in [6.45, 7) is 4.05. The Morgan fingerprint density at radius 3 is 2.88 bits per heavy atom. The number of nitrogens with one attached hydrogen (secondary N) is 1. The molecule has 0 spiro atoms. The van der Waals surface area contributed by atoms with Gasteiger partial charge in [0.05, 0.1) is 17.5 Å². The first-order chi connectivity index (χ1) is 7.46. The number of hydrogen-bond donors (Lipinski definition) is 1. The van der Waals surface area contributed by atoms with Gasteiger partial charge in [0.1, 0.15) is 5.01 Å². The number of aromatic nitrogens is 1. The summed E-state index contributed by atoms with van der Waals surface area (Å²) < 4.78 is 22.6. The van der Waals surface area contributed by atoms with Gasteiger partial charge in [0.2, 0.25) is 0 Å². The minimum Gasteiger partial charge on any atom is -0.304 e. The summed E-state index contributed by atoms with van der Waals surface area (Å²) in [6, 6.07) is 0.223. The molecule has 0 radical (unpaired) electrons. The van der Waals surface area contributed by atoms with Gasteiger partial charge in [-0.2, -0.15) is 0 Å². The van der Waals surface area contributed by atoms with Crippen molar-refractivity contribution in [3.05, 3.63) is 16.1 Å². The smallest absolute Gasteiger partial charge is 0.151 e. The fourth-order valence-corrected chi connectivity index (χ4v) is 4.40. The van der Waals surface area contributed by atoms with Crippen LogP contribution in [0, 0.1) is 6.92 Å². The molecule has 0 amide bonds. The average Bonchev–Trinajstić information content (AvgIpc) is 2.73. The third-order valence-corrected chi connectivity index (χ3v) is 5.59. The highest BCUT2D eigenvalue weighted by molar-refractivity contribution is 7.91. The zero-order valence-corrected chi connectivity index (χ0v) is 11.1. The van der Waals surface area contributed by atoms with E-state index in [1.807, 2.05) is 20.0 Å². The SMILES string of the molecule is Cc1cnc(C(C)NC2CCS(=O)(=O)C2)s1. The van der Waals surface area contributed by atoms with Crippen LogP contribution >= 0.6 is 11.3 Å². The molecule has 0 bridgehead atoms. The second-order valence-corrected chi connectivity index (χ2v) is 7.79. The molecule has 2 unspecified atom stereocenters. The van der Waals surface area contributed by atoms with Crippen molar-refractivity contribution in [3.63, 3.8) is 0 Å². The van der Waals surface area contributed by atoms with Crippen LogP contribution in [0.1, 0.15) is 29.3 Å². The average molecular weight is 260 g/mol. The molecule has 1 saturated heterocycles. The van der Waals surface area contributed by atoms with E-state index in [1.54, 1.807) is 11.3 Å². The van der Waals surface area contributed by atoms with Gasteiger partial charge in [-0.05, 0) is 20.3 Å². The zero-order valence-electron chi connectivity index (χ0n) is 9.43. The molecule has 1 aromatic rings. The molecule has 0 saturated carbocycles. The summed E-state index contributed by atoms with van der Waals surface area (Å²) in [6.07, 6.45) is 2.57. The highest BCUT2D eigenvalue weighted by Crippen LogP contribution is 2.21. The van der Waals surface area contributed by atoms with Crippen molar-refractivity contribution >= 4 is 21.2 Å². The largest absolute Gasteiger partial charge is 0.304 e. The summed E-state index contributed by atoms with van der Waals surface area (Å²) in [4.78, 5) is 5.48. The molecule has 0 aromatic carbocycles. The van der Waals surface area contributed by atoms with E-state index in [4.69, 9.17) is 0 Å². The Kier molecular flexibility index (Phi) is 3.32. The van der Waals surface area contributed by atoms with Crippen molar-refractivity contribution in [2.24, 2.45) is 0 Å². The van der Waals surface area contributed by atoms with Crippen LogP contribution in [0.25, 0.3) is 0 Å². The van der Waals surface area contributed by atoms with Gasteiger partial charge in [-0.3, -0.25) is 0 Å². The van der Waals surface area contributed by atoms with Gasteiger partial charge < -0.3 is 5.32 Å². The van der Waals surface area contributed by atoms with Crippen molar-refractivity contribution in [3.8, 4) is 0 Å². The molecular formula is C10H16N2O2S2. The molecule has 0 aliphatic carbocycles. The van der Waals surface area contributed by atoms with Crippen LogP contribution < -0.4 is 5.32 Å². The Balaban J connectivity index is 1.96.